The zero-order valence-electron chi connectivity index (χ0n) is 19.3. The first-order valence-corrected chi connectivity index (χ1v) is 10.7. The van der Waals surface area contributed by atoms with Crippen LogP contribution < -0.4 is 21.7 Å². The molecule has 0 aliphatic heterocycles. The van der Waals surface area contributed by atoms with E-state index in [-0.39, 0.29) is 12.3 Å². The molecule has 0 saturated carbocycles. The fraction of sp³-hybridized carbons (Fsp3) is 0.700. The molecule has 0 radical (unpaired) electrons. The highest BCUT2D eigenvalue weighted by Gasteiger charge is 2.32. The number of nitrogens with two attached hydrogens (primary N) is 1. The highest BCUT2D eigenvalue weighted by Crippen LogP contribution is 2.07. The van der Waals surface area contributed by atoms with Crippen LogP contribution in [0.2, 0.25) is 0 Å². The van der Waals surface area contributed by atoms with Gasteiger partial charge in [-0.3, -0.25) is 24.0 Å². The van der Waals surface area contributed by atoms with Gasteiger partial charge in [-0.1, -0.05) is 13.8 Å². The Hall–Kier alpha value is -3.26. The summed E-state index contributed by atoms with van der Waals surface area (Å²) >= 11 is 0. The van der Waals surface area contributed by atoms with Crippen LogP contribution in [0.1, 0.15) is 52.9 Å². The third-order valence-electron chi connectivity index (χ3n) is 4.67. The SMILES string of the molecule is CC(C)CC(N)C(=O)NC(CCC(=O)O)C(=O)NC(CCC(=O)O)C(=O)NC(C(=O)O)C(C)O. The van der Waals surface area contributed by atoms with Crippen molar-refractivity contribution < 1.29 is 49.2 Å². The number of carbonyl (C=O) groups is 6. The second-order valence-corrected chi connectivity index (χ2v) is 8.29. The minimum atomic E-state index is -1.73. The summed E-state index contributed by atoms with van der Waals surface area (Å²) in [5.74, 6) is -6.83. The Bertz CT molecular complexity index is 756. The molecular formula is C20H34N4O10. The van der Waals surface area contributed by atoms with Crippen molar-refractivity contribution in [1.82, 2.24) is 16.0 Å². The minimum Gasteiger partial charge on any atom is -0.481 e. The van der Waals surface area contributed by atoms with Crippen molar-refractivity contribution in [2.45, 2.75) is 83.1 Å². The van der Waals surface area contributed by atoms with Gasteiger partial charge in [0, 0.05) is 12.8 Å². The van der Waals surface area contributed by atoms with Gasteiger partial charge >= 0.3 is 17.9 Å². The Kier molecular flexibility index (Phi) is 13.4. The van der Waals surface area contributed by atoms with Gasteiger partial charge in [0.25, 0.3) is 0 Å². The predicted octanol–water partition coefficient (Wildman–Crippen LogP) is -1.99. The topological polar surface area (TPSA) is 245 Å². The summed E-state index contributed by atoms with van der Waals surface area (Å²) in [4.78, 5) is 70.9. The first kappa shape index (κ1) is 30.7. The first-order chi connectivity index (χ1) is 15.6. The number of aliphatic hydroxyl groups is 1. The van der Waals surface area contributed by atoms with Crippen molar-refractivity contribution >= 4 is 35.6 Å². The molecule has 0 aromatic rings. The summed E-state index contributed by atoms with van der Waals surface area (Å²) in [6.45, 7) is 4.76. The van der Waals surface area contributed by atoms with Gasteiger partial charge in [0.2, 0.25) is 17.7 Å². The zero-order chi connectivity index (χ0) is 26.6. The number of rotatable bonds is 16. The Morgan fingerprint density at radius 1 is 0.735 bits per heavy atom. The quantitative estimate of drug-likeness (QED) is 0.118. The molecule has 0 aromatic heterocycles. The summed E-state index contributed by atoms with van der Waals surface area (Å²) in [5.41, 5.74) is 5.80. The van der Waals surface area contributed by atoms with E-state index in [9.17, 15) is 33.9 Å². The number of carboxylic acid groups (broad SMARTS) is 3. The number of carboxylic acids is 3. The van der Waals surface area contributed by atoms with Gasteiger partial charge in [0.1, 0.15) is 12.1 Å². The van der Waals surface area contributed by atoms with Crippen LogP contribution in [0, 0.1) is 5.92 Å². The minimum absolute atomic E-state index is 0.0623. The van der Waals surface area contributed by atoms with Crippen LogP contribution in [0.4, 0.5) is 0 Å². The summed E-state index contributed by atoms with van der Waals surface area (Å²) in [6.07, 6.45) is -3.07. The van der Waals surface area contributed by atoms with Crippen LogP contribution in [0.25, 0.3) is 0 Å². The van der Waals surface area contributed by atoms with Crippen LogP contribution in [0.3, 0.4) is 0 Å². The van der Waals surface area contributed by atoms with E-state index in [1.54, 1.807) is 0 Å². The van der Waals surface area contributed by atoms with Gasteiger partial charge in [0.05, 0.1) is 12.1 Å². The molecule has 0 aliphatic carbocycles. The summed E-state index contributed by atoms with van der Waals surface area (Å²) in [5, 5.41) is 43.1. The van der Waals surface area contributed by atoms with E-state index in [1.807, 2.05) is 19.2 Å². The van der Waals surface area contributed by atoms with E-state index in [0.29, 0.717) is 6.42 Å². The molecule has 0 saturated heterocycles. The van der Waals surface area contributed by atoms with E-state index in [2.05, 4.69) is 10.6 Å². The van der Waals surface area contributed by atoms with Crippen LogP contribution in [-0.2, 0) is 28.8 Å². The third kappa shape index (κ3) is 12.1. The average molecular weight is 491 g/mol. The predicted molar refractivity (Wildman–Crippen MR) is 116 cm³/mol. The van der Waals surface area contributed by atoms with Crippen molar-refractivity contribution in [2.75, 3.05) is 0 Å². The smallest absolute Gasteiger partial charge is 0.328 e. The van der Waals surface area contributed by atoms with Crippen LogP contribution in [0.15, 0.2) is 0 Å². The Labute approximate surface area is 196 Å². The van der Waals surface area contributed by atoms with Crippen molar-refractivity contribution in [2.24, 2.45) is 11.7 Å². The lowest BCUT2D eigenvalue weighted by Gasteiger charge is -2.25. The molecule has 14 heteroatoms. The highest BCUT2D eigenvalue weighted by molar-refractivity contribution is 5.94. The molecule has 0 aliphatic rings. The van der Waals surface area contributed by atoms with Crippen molar-refractivity contribution in [3.8, 4) is 0 Å². The summed E-state index contributed by atoms with van der Waals surface area (Å²) in [6, 6.07) is -5.66. The average Bonchev–Trinajstić information content (AvgIpc) is 2.70. The largest absolute Gasteiger partial charge is 0.481 e. The van der Waals surface area contributed by atoms with E-state index >= 15 is 0 Å². The number of nitrogens with one attached hydrogen (secondary N) is 3. The zero-order valence-corrected chi connectivity index (χ0v) is 19.3. The normalized spacial score (nSPS) is 15.4. The molecule has 9 N–H and O–H groups in total. The monoisotopic (exact) mass is 490 g/mol. The maximum atomic E-state index is 12.8. The van der Waals surface area contributed by atoms with Crippen LogP contribution in [-0.4, -0.2) is 86.3 Å². The lowest BCUT2D eigenvalue weighted by atomic mass is 10.0. The number of hydrogen-bond donors (Lipinski definition) is 8. The van der Waals surface area contributed by atoms with E-state index in [4.69, 9.17) is 21.1 Å². The standard InChI is InChI=1S/C20H34N4O10/c1-9(2)8-11(21)17(30)22-12(4-6-14(26)27)18(31)23-13(5-7-15(28)29)19(32)24-16(10(3)25)20(33)34/h9-13,16,25H,4-8,21H2,1-3H3,(H,22,30)(H,23,31)(H,24,32)(H,26,27)(H,28,29)(H,33,34). The molecule has 0 heterocycles. The fourth-order valence-electron chi connectivity index (χ4n) is 2.88. The molecule has 0 aromatic carbocycles. The van der Waals surface area contributed by atoms with E-state index in [0.717, 1.165) is 6.92 Å². The molecule has 0 rings (SSSR count). The maximum absolute atomic E-state index is 12.8. The molecule has 14 nitrogen and oxygen atoms in total. The molecular weight excluding hydrogens is 456 g/mol. The molecule has 0 fully saturated rings. The van der Waals surface area contributed by atoms with Crippen molar-refractivity contribution in [3.63, 3.8) is 0 Å². The number of aliphatic carboxylic acids is 3. The summed E-state index contributed by atoms with van der Waals surface area (Å²) in [7, 11) is 0. The lowest BCUT2D eigenvalue weighted by Crippen LogP contribution is -2.58. The van der Waals surface area contributed by atoms with Gasteiger partial charge in [-0.25, -0.2) is 4.79 Å². The van der Waals surface area contributed by atoms with Crippen LogP contribution >= 0.6 is 0 Å². The van der Waals surface area contributed by atoms with Gasteiger partial charge in [0.15, 0.2) is 6.04 Å². The van der Waals surface area contributed by atoms with Crippen molar-refractivity contribution in [1.29, 1.82) is 0 Å². The number of amides is 3. The second-order valence-electron chi connectivity index (χ2n) is 8.29. The molecule has 5 unspecified atom stereocenters. The van der Waals surface area contributed by atoms with Gasteiger partial charge in [-0.15, -0.1) is 0 Å². The molecule has 0 spiro atoms. The lowest BCUT2D eigenvalue weighted by molar-refractivity contribution is -0.145. The van der Waals surface area contributed by atoms with Gasteiger partial charge in [-0.2, -0.15) is 0 Å². The van der Waals surface area contributed by atoms with E-state index in [1.165, 1.54) is 0 Å². The third-order valence-corrected chi connectivity index (χ3v) is 4.67. The number of hydrogen-bond acceptors (Lipinski definition) is 8. The summed E-state index contributed by atoms with van der Waals surface area (Å²) < 4.78 is 0. The molecule has 3 amide bonds. The fourth-order valence-corrected chi connectivity index (χ4v) is 2.88. The van der Waals surface area contributed by atoms with Gasteiger partial charge < -0.3 is 42.1 Å². The van der Waals surface area contributed by atoms with Crippen LogP contribution in [0.5, 0.6) is 0 Å². The van der Waals surface area contributed by atoms with Crippen molar-refractivity contribution in [3.05, 3.63) is 0 Å². The first-order valence-electron chi connectivity index (χ1n) is 10.7. The van der Waals surface area contributed by atoms with Gasteiger partial charge in [-0.05, 0) is 32.1 Å². The Balaban J connectivity index is 5.62. The molecule has 5 atom stereocenters. The maximum Gasteiger partial charge on any atom is 0.328 e. The molecule has 0 bridgehead atoms. The number of carbonyl (C=O) groups excluding carboxylic acids is 3. The molecule has 194 valence electrons. The number of aliphatic hydroxyl groups excluding tert-OH is 1. The Morgan fingerprint density at radius 2 is 1.15 bits per heavy atom. The molecule has 34 heavy (non-hydrogen) atoms. The Morgan fingerprint density at radius 3 is 1.50 bits per heavy atom. The second kappa shape index (κ2) is 14.8. The van der Waals surface area contributed by atoms with E-state index < -0.39 is 85.2 Å². The highest BCUT2D eigenvalue weighted by atomic mass is 16.4.